The van der Waals surface area contributed by atoms with Crippen LogP contribution >= 0.6 is 12.2 Å². The van der Waals surface area contributed by atoms with Gasteiger partial charge in [0, 0.05) is 13.1 Å². The maximum atomic E-state index is 5.78. The molecule has 0 aliphatic heterocycles. The molecule has 122 valence electrons. The standard InChI is InChI=1S/C17H26N2O2S/c1-5-9-18-17(22)19-12-14-6-7-15(16(11-14)20-4)21-10-8-13(2)3/h5-7,11,13H,1,8-10,12H2,2-4H3,(H2,18,19,22). The van der Waals surface area contributed by atoms with Crippen LogP contribution in [0.5, 0.6) is 11.5 Å². The highest BCUT2D eigenvalue weighted by Crippen LogP contribution is 2.28. The zero-order valence-corrected chi connectivity index (χ0v) is 14.5. The second kappa shape index (κ2) is 10.1. The lowest BCUT2D eigenvalue weighted by atomic mass is 10.1. The number of ether oxygens (including phenoxy) is 2. The van der Waals surface area contributed by atoms with Crippen LogP contribution < -0.4 is 20.1 Å². The van der Waals surface area contributed by atoms with Crippen molar-refractivity contribution in [2.24, 2.45) is 5.92 Å². The Balaban J connectivity index is 2.56. The zero-order chi connectivity index (χ0) is 16.4. The summed E-state index contributed by atoms with van der Waals surface area (Å²) >= 11 is 5.16. The fourth-order valence-corrected chi connectivity index (χ4v) is 1.91. The van der Waals surface area contributed by atoms with Crippen LogP contribution in [0.1, 0.15) is 25.8 Å². The van der Waals surface area contributed by atoms with Gasteiger partial charge < -0.3 is 20.1 Å². The molecule has 0 saturated carbocycles. The fourth-order valence-electron chi connectivity index (χ4n) is 1.76. The Morgan fingerprint density at radius 1 is 1.32 bits per heavy atom. The quantitative estimate of drug-likeness (QED) is 0.539. The molecule has 5 heteroatoms. The van der Waals surface area contributed by atoms with Crippen LogP contribution in [0.2, 0.25) is 0 Å². The molecule has 0 heterocycles. The summed E-state index contributed by atoms with van der Waals surface area (Å²) in [6.45, 7) is 9.97. The SMILES string of the molecule is C=CCNC(=S)NCc1ccc(OCCC(C)C)c(OC)c1. The van der Waals surface area contributed by atoms with Gasteiger partial charge in [-0.05, 0) is 42.3 Å². The lowest BCUT2D eigenvalue weighted by Crippen LogP contribution is -2.34. The van der Waals surface area contributed by atoms with Gasteiger partial charge in [-0.3, -0.25) is 0 Å². The number of hydrogen-bond acceptors (Lipinski definition) is 3. The second-order valence-corrected chi connectivity index (χ2v) is 5.78. The first-order valence-electron chi connectivity index (χ1n) is 7.49. The Morgan fingerprint density at radius 2 is 2.09 bits per heavy atom. The van der Waals surface area contributed by atoms with E-state index in [2.05, 4.69) is 31.1 Å². The van der Waals surface area contributed by atoms with Crippen molar-refractivity contribution in [3.8, 4) is 11.5 Å². The van der Waals surface area contributed by atoms with Crippen LogP contribution in [0.3, 0.4) is 0 Å². The molecule has 0 radical (unpaired) electrons. The third kappa shape index (κ3) is 6.80. The molecule has 0 spiro atoms. The molecule has 4 nitrogen and oxygen atoms in total. The molecule has 2 N–H and O–H groups in total. The summed E-state index contributed by atoms with van der Waals surface area (Å²) in [7, 11) is 1.65. The Bertz CT molecular complexity index is 490. The molecule has 1 aromatic rings. The molecule has 0 aromatic heterocycles. The van der Waals surface area contributed by atoms with Crippen LogP contribution in [0.4, 0.5) is 0 Å². The highest BCUT2D eigenvalue weighted by Gasteiger charge is 2.06. The summed E-state index contributed by atoms with van der Waals surface area (Å²) in [4.78, 5) is 0. The fraction of sp³-hybridized carbons (Fsp3) is 0.471. The van der Waals surface area contributed by atoms with Gasteiger partial charge in [-0.1, -0.05) is 26.0 Å². The predicted octanol–water partition coefficient (Wildman–Crippen LogP) is 3.27. The summed E-state index contributed by atoms with van der Waals surface area (Å²) in [5.41, 5.74) is 1.08. The molecule has 0 saturated heterocycles. The predicted molar refractivity (Wildman–Crippen MR) is 95.6 cm³/mol. The number of thiocarbonyl (C=S) groups is 1. The van der Waals surface area contributed by atoms with Crippen LogP contribution in [0, 0.1) is 5.92 Å². The third-order valence-corrected chi connectivity index (χ3v) is 3.33. The van der Waals surface area contributed by atoms with Gasteiger partial charge in [0.25, 0.3) is 0 Å². The Morgan fingerprint density at radius 3 is 2.73 bits per heavy atom. The van der Waals surface area contributed by atoms with Crippen molar-refractivity contribution in [2.75, 3.05) is 20.3 Å². The van der Waals surface area contributed by atoms with Crippen molar-refractivity contribution in [1.29, 1.82) is 0 Å². The maximum Gasteiger partial charge on any atom is 0.166 e. The molecule has 0 aliphatic carbocycles. The maximum absolute atomic E-state index is 5.78. The molecule has 22 heavy (non-hydrogen) atoms. The first-order chi connectivity index (χ1) is 10.6. The molecule has 0 atom stereocenters. The van der Waals surface area contributed by atoms with Crippen LogP contribution in [-0.2, 0) is 6.54 Å². The number of methoxy groups -OCH3 is 1. The highest BCUT2D eigenvalue weighted by atomic mass is 32.1. The van der Waals surface area contributed by atoms with Gasteiger partial charge >= 0.3 is 0 Å². The average Bonchev–Trinajstić information content (AvgIpc) is 2.51. The lowest BCUT2D eigenvalue weighted by molar-refractivity contribution is 0.273. The van der Waals surface area contributed by atoms with E-state index in [0.29, 0.717) is 30.7 Å². The van der Waals surface area contributed by atoms with Crippen LogP contribution in [0.15, 0.2) is 30.9 Å². The van der Waals surface area contributed by atoms with E-state index < -0.39 is 0 Å². The topological polar surface area (TPSA) is 42.5 Å². The Hall–Kier alpha value is -1.75. The summed E-state index contributed by atoms with van der Waals surface area (Å²) in [6.07, 6.45) is 2.79. The molecule has 0 bridgehead atoms. The molecule has 0 unspecified atom stereocenters. The van der Waals surface area contributed by atoms with Crippen molar-refractivity contribution in [2.45, 2.75) is 26.8 Å². The molecule has 0 amide bonds. The van der Waals surface area contributed by atoms with Crippen LogP contribution in [-0.4, -0.2) is 25.4 Å². The molecule has 0 aliphatic rings. The molecule has 1 aromatic carbocycles. The minimum Gasteiger partial charge on any atom is -0.493 e. The van der Waals surface area contributed by atoms with Gasteiger partial charge in [0.15, 0.2) is 16.6 Å². The number of benzene rings is 1. The Kier molecular flexibility index (Phi) is 8.36. The summed E-state index contributed by atoms with van der Waals surface area (Å²) in [5, 5.41) is 6.77. The van der Waals surface area contributed by atoms with Gasteiger partial charge in [0.2, 0.25) is 0 Å². The van der Waals surface area contributed by atoms with Gasteiger partial charge in [0.1, 0.15) is 0 Å². The average molecular weight is 322 g/mol. The summed E-state index contributed by atoms with van der Waals surface area (Å²) in [6, 6.07) is 5.92. The largest absolute Gasteiger partial charge is 0.493 e. The van der Waals surface area contributed by atoms with Crippen molar-refractivity contribution >= 4 is 17.3 Å². The first-order valence-corrected chi connectivity index (χ1v) is 7.90. The van der Waals surface area contributed by atoms with E-state index in [0.717, 1.165) is 23.5 Å². The first kappa shape index (κ1) is 18.3. The van der Waals surface area contributed by atoms with E-state index >= 15 is 0 Å². The van der Waals surface area contributed by atoms with Crippen LogP contribution in [0.25, 0.3) is 0 Å². The van der Waals surface area contributed by atoms with Crippen molar-refractivity contribution in [3.05, 3.63) is 36.4 Å². The van der Waals surface area contributed by atoms with E-state index in [1.165, 1.54) is 0 Å². The van der Waals surface area contributed by atoms with E-state index in [4.69, 9.17) is 21.7 Å². The third-order valence-electron chi connectivity index (χ3n) is 3.04. The second-order valence-electron chi connectivity index (χ2n) is 5.37. The highest BCUT2D eigenvalue weighted by molar-refractivity contribution is 7.80. The zero-order valence-electron chi connectivity index (χ0n) is 13.6. The lowest BCUT2D eigenvalue weighted by Gasteiger charge is -2.14. The van der Waals surface area contributed by atoms with E-state index in [9.17, 15) is 0 Å². The van der Waals surface area contributed by atoms with Gasteiger partial charge in [-0.15, -0.1) is 6.58 Å². The minimum absolute atomic E-state index is 0.608. The van der Waals surface area contributed by atoms with Gasteiger partial charge in [-0.25, -0.2) is 0 Å². The van der Waals surface area contributed by atoms with Gasteiger partial charge in [-0.2, -0.15) is 0 Å². The smallest absolute Gasteiger partial charge is 0.166 e. The number of rotatable bonds is 9. The number of nitrogens with one attached hydrogen (secondary N) is 2. The van der Waals surface area contributed by atoms with E-state index in [1.54, 1.807) is 13.2 Å². The van der Waals surface area contributed by atoms with Gasteiger partial charge in [0.05, 0.1) is 13.7 Å². The summed E-state index contributed by atoms with van der Waals surface area (Å²) < 4.78 is 11.2. The van der Waals surface area contributed by atoms with Crippen molar-refractivity contribution in [1.82, 2.24) is 10.6 Å². The van der Waals surface area contributed by atoms with Crippen molar-refractivity contribution in [3.63, 3.8) is 0 Å². The van der Waals surface area contributed by atoms with Crippen molar-refractivity contribution < 1.29 is 9.47 Å². The molecular weight excluding hydrogens is 296 g/mol. The van der Waals surface area contributed by atoms with E-state index in [1.807, 2.05) is 18.2 Å². The molecule has 0 fully saturated rings. The summed E-state index contributed by atoms with van der Waals surface area (Å²) in [5.74, 6) is 2.14. The Labute approximate surface area is 138 Å². The molecular formula is C17H26N2O2S. The number of hydrogen-bond donors (Lipinski definition) is 2. The normalized spacial score (nSPS) is 10.2. The minimum atomic E-state index is 0.608. The monoisotopic (exact) mass is 322 g/mol. The molecule has 1 rings (SSSR count). The van der Waals surface area contributed by atoms with E-state index in [-0.39, 0.29) is 0 Å².